The Kier molecular flexibility index (Phi) is 7.10. The lowest BCUT2D eigenvalue weighted by molar-refractivity contribution is -0.0964. The molecule has 184 valence electrons. The van der Waals surface area contributed by atoms with Crippen molar-refractivity contribution in [2.24, 2.45) is 5.73 Å². The number of rotatable bonds is 7. The summed E-state index contributed by atoms with van der Waals surface area (Å²) in [5.74, 6) is -0.722. The molecule has 1 aliphatic rings. The average Bonchev–Trinajstić information content (AvgIpc) is 3.19. The summed E-state index contributed by atoms with van der Waals surface area (Å²) in [6.07, 6.45) is 3.73. The molecule has 1 aromatic carbocycles. The first-order chi connectivity index (χ1) is 16.6. The number of nitrogens with two attached hydrogens (primary N) is 1. The third kappa shape index (κ3) is 5.99. The second-order valence-electron chi connectivity index (χ2n) is 7.86. The Hall–Kier alpha value is -3.41. The standard InChI is InChI=1S/C23H21ClF3N5O3/c1-34-20-12-32(11-19(20)28)21-18(13-6-15(25)10-29-8-13)7-14(9-30-21)22(33)31-16-2-4-17(5-3-16)35-23(24,26)27/h2-10,19-20H,11-12,28H2,1H3,(H,31,33). The maximum absolute atomic E-state index is 13.9. The van der Waals surface area contributed by atoms with Crippen LogP contribution < -0.4 is 20.7 Å². The van der Waals surface area contributed by atoms with Gasteiger partial charge in [-0.1, -0.05) is 0 Å². The van der Waals surface area contributed by atoms with Crippen molar-refractivity contribution in [2.75, 3.05) is 30.4 Å². The predicted octanol–water partition coefficient (Wildman–Crippen LogP) is 3.87. The van der Waals surface area contributed by atoms with Crippen LogP contribution in [0.2, 0.25) is 0 Å². The number of methoxy groups -OCH3 is 1. The van der Waals surface area contributed by atoms with Crippen molar-refractivity contribution in [1.82, 2.24) is 9.97 Å². The normalized spacial score (nSPS) is 17.9. The van der Waals surface area contributed by atoms with E-state index < -0.39 is 17.3 Å². The van der Waals surface area contributed by atoms with Crippen LogP contribution in [0, 0.1) is 5.82 Å². The Morgan fingerprint density at radius 1 is 1.20 bits per heavy atom. The van der Waals surface area contributed by atoms with Crippen molar-refractivity contribution in [3.05, 3.63) is 66.4 Å². The summed E-state index contributed by atoms with van der Waals surface area (Å²) in [5, 5.41) is 2.65. The van der Waals surface area contributed by atoms with Gasteiger partial charge in [-0.3, -0.25) is 9.78 Å². The van der Waals surface area contributed by atoms with E-state index in [2.05, 4.69) is 20.0 Å². The SMILES string of the molecule is COC1CN(c2ncc(C(=O)Nc3ccc(OC(F)(F)Cl)cc3)cc2-c2cncc(F)c2)CC1N. The first kappa shape index (κ1) is 24.7. The molecule has 2 aromatic heterocycles. The highest BCUT2D eigenvalue weighted by atomic mass is 35.5. The van der Waals surface area contributed by atoms with Gasteiger partial charge in [0.05, 0.1) is 23.9 Å². The molecule has 1 fully saturated rings. The topological polar surface area (TPSA) is 103 Å². The maximum Gasteiger partial charge on any atom is 0.487 e. The van der Waals surface area contributed by atoms with Gasteiger partial charge in [-0.25, -0.2) is 9.37 Å². The smallest absolute Gasteiger partial charge is 0.420 e. The van der Waals surface area contributed by atoms with Gasteiger partial charge >= 0.3 is 5.57 Å². The molecule has 1 aliphatic heterocycles. The highest BCUT2D eigenvalue weighted by Crippen LogP contribution is 2.33. The minimum absolute atomic E-state index is 0.173. The molecule has 1 amide bonds. The number of halogens is 4. The Balaban J connectivity index is 1.61. The third-order valence-corrected chi connectivity index (χ3v) is 5.48. The molecule has 4 rings (SSSR count). The Morgan fingerprint density at radius 3 is 2.57 bits per heavy atom. The van der Waals surface area contributed by atoms with E-state index in [9.17, 15) is 18.0 Å². The fourth-order valence-electron chi connectivity index (χ4n) is 3.77. The van der Waals surface area contributed by atoms with E-state index in [1.54, 1.807) is 13.2 Å². The van der Waals surface area contributed by atoms with Gasteiger partial charge in [-0.15, -0.1) is 8.78 Å². The van der Waals surface area contributed by atoms with Crippen LogP contribution in [0.3, 0.4) is 0 Å². The minimum atomic E-state index is -3.84. The minimum Gasteiger partial charge on any atom is -0.420 e. The second-order valence-corrected chi connectivity index (χ2v) is 8.30. The van der Waals surface area contributed by atoms with Gasteiger partial charge in [-0.05, 0) is 36.4 Å². The summed E-state index contributed by atoms with van der Waals surface area (Å²) in [4.78, 5) is 23.2. The molecule has 0 aliphatic carbocycles. The van der Waals surface area contributed by atoms with Crippen LogP contribution in [0.5, 0.6) is 5.75 Å². The first-order valence-electron chi connectivity index (χ1n) is 10.4. The lowest BCUT2D eigenvalue weighted by Gasteiger charge is -2.21. The number of anilines is 2. The number of aromatic nitrogens is 2. The van der Waals surface area contributed by atoms with Gasteiger partial charge in [0.15, 0.2) is 0 Å². The molecular weight excluding hydrogens is 487 g/mol. The number of nitrogens with zero attached hydrogens (tertiary/aromatic N) is 3. The van der Waals surface area contributed by atoms with Gasteiger partial charge in [0.2, 0.25) is 0 Å². The molecule has 3 N–H and O–H groups in total. The Labute approximate surface area is 203 Å². The number of nitrogens with one attached hydrogen (secondary N) is 1. The number of carbonyl (C=O) groups is 1. The largest absolute Gasteiger partial charge is 0.487 e. The first-order valence-corrected chi connectivity index (χ1v) is 10.8. The fraction of sp³-hybridized carbons (Fsp3) is 0.261. The van der Waals surface area contributed by atoms with Gasteiger partial charge in [0.25, 0.3) is 5.91 Å². The quantitative estimate of drug-likeness (QED) is 0.468. The summed E-state index contributed by atoms with van der Waals surface area (Å²) in [6.45, 7) is 0.935. The van der Waals surface area contributed by atoms with Crippen molar-refractivity contribution >= 4 is 29.0 Å². The number of carbonyl (C=O) groups excluding carboxylic acids is 1. The molecule has 3 heterocycles. The second kappa shape index (κ2) is 10.1. The van der Waals surface area contributed by atoms with E-state index in [1.165, 1.54) is 42.7 Å². The number of pyridine rings is 2. The number of alkyl halides is 3. The number of benzene rings is 1. The maximum atomic E-state index is 13.9. The van der Waals surface area contributed by atoms with E-state index in [0.717, 1.165) is 6.20 Å². The van der Waals surface area contributed by atoms with Gasteiger partial charge in [0.1, 0.15) is 17.4 Å². The molecule has 35 heavy (non-hydrogen) atoms. The average molecular weight is 508 g/mol. The van der Waals surface area contributed by atoms with Gasteiger partial charge in [-0.2, -0.15) is 0 Å². The molecule has 0 radical (unpaired) electrons. The van der Waals surface area contributed by atoms with Crippen LogP contribution >= 0.6 is 11.6 Å². The highest BCUT2D eigenvalue weighted by Gasteiger charge is 2.32. The third-order valence-electron chi connectivity index (χ3n) is 5.40. The van der Waals surface area contributed by atoms with Crippen molar-refractivity contribution in [1.29, 1.82) is 0 Å². The molecule has 0 spiro atoms. The van der Waals surface area contributed by atoms with Crippen molar-refractivity contribution in [3.63, 3.8) is 0 Å². The van der Waals surface area contributed by atoms with E-state index in [1.807, 2.05) is 4.90 Å². The van der Waals surface area contributed by atoms with Crippen LogP contribution in [-0.4, -0.2) is 53.8 Å². The molecule has 0 bridgehead atoms. The predicted molar refractivity (Wildman–Crippen MR) is 124 cm³/mol. The monoisotopic (exact) mass is 507 g/mol. The molecule has 12 heteroatoms. The van der Waals surface area contributed by atoms with Crippen LogP contribution in [-0.2, 0) is 4.74 Å². The zero-order chi connectivity index (χ0) is 25.2. The van der Waals surface area contributed by atoms with E-state index in [0.29, 0.717) is 35.7 Å². The summed E-state index contributed by atoms with van der Waals surface area (Å²) < 4.78 is 49.2. The lowest BCUT2D eigenvalue weighted by atomic mass is 10.1. The van der Waals surface area contributed by atoms with Crippen molar-refractivity contribution < 1.29 is 27.4 Å². The number of amides is 1. The highest BCUT2D eigenvalue weighted by molar-refractivity contribution is 6.20. The van der Waals surface area contributed by atoms with Crippen LogP contribution in [0.4, 0.5) is 24.7 Å². The van der Waals surface area contributed by atoms with Crippen molar-refractivity contribution in [2.45, 2.75) is 17.7 Å². The molecule has 2 unspecified atom stereocenters. The van der Waals surface area contributed by atoms with E-state index >= 15 is 0 Å². The van der Waals surface area contributed by atoms with Crippen LogP contribution in [0.1, 0.15) is 10.4 Å². The zero-order valence-electron chi connectivity index (χ0n) is 18.4. The number of ether oxygens (including phenoxy) is 2. The van der Waals surface area contributed by atoms with E-state index in [-0.39, 0.29) is 23.5 Å². The molecular formula is C23H21ClF3N5O3. The summed E-state index contributed by atoms with van der Waals surface area (Å²) in [5.41, 5.74) is 3.74. The Morgan fingerprint density at radius 2 is 1.94 bits per heavy atom. The molecule has 8 nitrogen and oxygen atoms in total. The molecule has 1 saturated heterocycles. The number of hydrogen-bond donors (Lipinski definition) is 2. The summed E-state index contributed by atoms with van der Waals surface area (Å²) in [6, 6.07) is 7.86. The lowest BCUT2D eigenvalue weighted by Crippen LogP contribution is -2.34. The summed E-state index contributed by atoms with van der Waals surface area (Å²) >= 11 is 4.75. The van der Waals surface area contributed by atoms with Crippen molar-refractivity contribution in [3.8, 4) is 16.9 Å². The molecule has 3 aromatic rings. The van der Waals surface area contributed by atoms with Crippen LogP contribution in [0.15, 0.2) is 55.0 Å². The van der Waals surface area contributed by atoms with E-state index in [4.69, 9.17) is 22.1 Å². The molecule has 0 saturated carbocycles. The Bertz CT molecular complexity index is 1210. The number of hydrogen-bond acceptors (Lipinski definition) is 7. The van der Waals surface area contributed by atoms with Crippen LogP contribution in [0.25, 0.3) is 11.1 Å². The fourth-order valence-corrected chi connectivity index (χ4v) is 3.86. The van der Waals surface area contributed by atoms with Gasteiger partial charge < -0.3 is 25.4 Å². The van der Waals surface area contributed by atoms with Gasteiger partial charge in [0, 0.05) is 61.0 Å². The molecule has 2 atom stereocenters. The summed E-state index contributed by atoms with van der Waals surface area (Å²) in [7, 11) is 1.58. The zero-order valence-corrected chi connectivity index (χ0v) is 19.2.